The minimum Gasteiger partial charge on any atom is -0.335 e. The highest BCUT2D eigenvalue weighted by atomic mass is 16.2. The van der Waals surface area contributed by atoms with Crippen molar-refractivity contribution in [3.8, 4) is 0 Å². The van der Waals surface area contributed by atoms with Crippen molar-refractivity contribution >= 4 is 23.0 Å². The molecule has 2 aromatic heterocycles. The van der Waals surface area contributed by atoms with Gasteiger partial charge in [-0.1, -0.05) is 18.2 Å². The van der Waals surface area contributed by atoms with Crippen LogP contribution in [-0.4, -0.2) is 62.3 Å². The van der Waals surface area contributed by atoms with Crippen molar-refractivity contribution in [2.75, 3.05) is 26.2 Å². The molecule has 158 valence electrons. The van der Waals surface area contributed by atoms with E-state index in [-0.39, 0.29) is 29.1 Å². The predicted octanol–water partition coefficient (Wildman–Crippen LogP) is 2.03. The molecule has 2 amide bonds. The molecule has 1 aliphatic carbocycles. The molecule has 0 radical (unpaired) electrons. The monoisotopic (exact) mass is 417 g/mol. The van der Waals surface area contributed by atoms with Crippen LogP contribution >= 0.6 is 0 Å². The van der Waals surface area contributed by atoms with Gasteiger partial charge in [0.05, 0.1) is 0 Å². The Kier molecular flexibility index (Phi) is 4.77. The molecule has 1 aromatic carbocycles. The van der Waals surface area contributed by atoms with Crippen molar-refractivity contribution in [3.63, 3.8) is 0 Å². The van der Waals surface area contributed by atoms with Crippen LogP contribution in [0.5, 0.6) is 0 Å². The van der Waals surface area contributed by atoms with Crippen molar-refractivity contribution in [1.82, 2.24) is 24.3 Å². The van der Waals surface area contributed by atoms with Crippen LogP contribution in [0.3, 0.4) is 0 Å². The van der Waals surface area contributed by atoms with E-state index in [0.717, 1.165) is 18.4 Å². The molecule has 5 rings (SSSR count). The fraction of sp³-hybridized carbons (Fsp3) is 0.348. The molecule has 1 saturated heterocycles. The first-order valence-electron chi connectivity index (χ1n) is 10.6. The summed E-state index contributed by atoms with van der Waals surface area (Å²) in [6, 6.07) is 11.1. The number of piperazine rings is 1. The first-order valence-corrected chi connectivity index (χ1v) is 10.6. The van der Waals surface area contributed by atoms with Gasteiger partial charge in [-0.2, -0.15) is 0 Å². The van der Waals surface area contributed by atoms with Crippen LogP contribution in [0.25, 0.3) is 11.2 Å². The molecule has 0 unspecified atom stereocenters. The van der Waals surface area contributed by atoms with Crippen LogP contribution in [0.2, 0.25) is 0 Å². The van der Waals surface area contributed by atoms with Crippen LogP contribution in [0, 0.1) is 6.92 Å². The number of aryl methyl sites for hydroxylation is 1. The number of aromatic nitrogens is 3. The van der Waals surface area contributed by atoms with Crippen LogP contribution in [0.4, 0.5) is 0 Å². The highest BCUT2D eigenvalue weighted by Crippen LogP contribution is 2.35. The van der Waals surface area contributed by atoms with Gasteiger partial charge in [0.1, 0.15) is 5.52 Å². The summed E-state index contributed by atoms with van der Waals surface area (Å²) in [4.78, 5) is 51.2. The molecular formula is C23H23N5O3. The average Bonchev–Trinajstić information content (AvgIpc) is 3.63. The van der Waals surface area contributed by atoms with E-state index >= 15 is 0 Å². The molecule has 8 heteroatoms. The van der Waals surface area contributed by atoms with Gasteiger partial charge >= 0.3 is 0 Å². The van der Waals surface area contributed by atoms with E-state index < -0.39 is 0 Å². The summed E-state index contributed by atoms with van der Waals surface area (Å²) in [6.45, 7) is 3.49. The van der Waals surface area contributed by atoms with Crippen LogP contribution in [0.1, 0.15) is 45.3 Å². The zero-order valence-corrected chi connectivity index (χ0v) is 17.3. The molecule has 0 N–H and O–H groups in total. The van der Waals surface area contributed by atoms with Gasteiger partial charge in [0.25, 0.3) is 17.4 Å². The summed E-state index contributed by atoms with van der Waals surface area (Å²) in [5, 5.41) is 0. The molecule has 3 aromatic rings. The van der Waals surface area contributed by atoms with Gasteiger partial charge in [0.15, 0.2) is 11.3 Å². The lowest BCUT2D eigenvalue weighted by atomic mass is 10.1. The Hall–Kier alpha value is -3.55. The van der Waals surface area contributed by atoms with E-state index in [1.165, 1.54) is 0 Å². The second-order valence-electron chi connectivity index (χ2n) is 8.11. The maximum absolute atomic E-state index is 13.2. The fourth-order valence-corrected chi connectivity index (χ4v) is 4.10. The van der Waals surface area contributed by atoms with Crippen molar-refractivity contribution < 1.29 is 9.59 Å². The Morgan fingerprint density at radius 2 is 1.61 bits per heavy atom. The lowest BCUT2D eigenvalue weighted by molar-refractivity contribution is 0.0530. The van der Waals surface area contributed by atoms with E-state index in [4.69, 9.17) is 0 Å². The first-order chi connectivity index (χ1) is 15.0. The van der Waals surface area contributed by atoms with E-state index in [0.29, 0.717) is 42.9 Å². The van der Waals surface area contributed by atoms with Gasteiger partial charge in [-0.3, -0.25) is 19.0 Å². The normalized spacial score (nSPS) is 16.5. The quantitative estimate of drug-likeness (QED) is 0.651. The minimum absolute atomic E-state index is 0.0313. The molecule has 1 aliphatic heterocycles. The van der Waals surface area contributed by atoms with Crippen LogP contribution in [-0.2, 0) is 0 Å². The Labute approximate surface area is 179 Å². The van der Waals surface area contributed by atoms with Crippen molar-refractivity contribution in [1.29, 1.82) is 0 Å². The van der Waals surface area contributed by atoms with E-state index in [1.54, 1.807) is 32.7 Å². The predicted molar refractivity (Wildman–Crippen MR) is 115 cm³/mol. The van der Waals surface area contributed by atoms with E-state index in [2.05, 4.69) is 9.97 Å². The lowest BCUT2D eigenvalue weighted by Gasteiger charge is -2.34. The number of rotatable bonds is 3. The van der Waals surface area contributed by atoms with Crippen molar-refractivity contribution in [3.05, 3.63) is 69.8 Å². The largest absolute Gasteiger partial charge is 0.335 e. The maximum atomic E-state index is 13.2. The summed E-state index contributed by atoms with van der Waals surface area (Å²) < 4.78 is 1.62. The molecule has 31 heavy (non-hydrogen) atoms. The van der Waals surface area contributed by atoms with Crippen molar-refractivity contribution in [2.24, 2.45) is 0 Å². The number of amides is 2. The maximum Gasteiger partial charge on any atom is 0.284 e. The van der Waals surface area contributed by atoms with Gasteiger partial charge in [-0.25, -0.2) is 9.97 Å². The van der Waals surface area contributed by atoms with Crippen LogP contribution in [0.15, 0.2) is 47.4 Å². The SMILES string of the molecule is Cc1ccccc1C(=O)N1CCN(C(=O)c2nc3cccnc3n(C3CC3)c2=O)CC1. The number of hydrogen-bond acceptors (Lipinski definition) is 5. The standard InChI is InChI=1S/C23H23N5O3/c1-15-5-2-3-6-17(15)21(29)26-11-13-27(14-12-26)22(30)19-23(31)28(16-8-9-16)20-18(25-19)7-4-10-24-20/h2-7,10,16H,8-9,11-14H2,1H3. The van der Waals surface area contributed by atoms with Gasteiger partial charge in [0.2, 0.25) is 0 Å². The molecule has 0 spiro atoms. The summed E-state index contributed by atoms with van der Waals surface area (Å²) in [5.41, 5.74) is 2.24. The van der Waals surface area contributed by atoms with E-state index in [1.807, 2.05) is 31.2 Å². The second kappa shape index (κ2) is 7.61. The number of benzene rings is 1. The third kappa shape index (κ3) is 3.48. The lowest BCUT2D eigenvalue weighted by Crippen LogP contribution is -2.51. The average molecular weight is 417 g/mol. The number of nitrogens with zero attached hydrogens (tertiary/aromatic N) is 5. The number of hydrogen-bond donors (Lipinski definition) is 0. The molecule has 8 nitrogen and oxygen atoms in total. The second-order valence-corrected chi connectivity index (χ2v) is 8.11. The molecular weight excluding hydrogens is 394 g/mol. The molecule has 2 aliphatic rings. The zero-order valence-electron chi connectivity index (χ0n) is 17.3. The first kappa shape index (κ1) is 19.4. The topological polar surface area (TPSA) is 88.4 Å². The minimum atomic E-state index is -0.381. The van der Waals surface area contributed by atoms with Crippen molar-refractivity contribution in [2.45, 2.75) is 25.8 Å². The van der Waals surface area contributed by atoms with Gasteiger partial charge in [-0.05, 0) is 43.5 Å². The highest BCUT2D eigenvalue weighted by Gasteiger charge is 2.32. The van der Waals surface area contributed by atoms with Gasteiger partial charge < -0.3 is 9.80 Å². The Balaban J connectivity index is 1.37. The zero-order chi connectivity index (χ0) is 21.5. The summed E-state index contributed by atoms with van der Waals surface area (Å²) in [5.74, 6) is -0.413. The number of fused-ring (bicyclic) bond motifs is 1. The molecule has 3 heterocycles. The Bertz CT molecular complexity index is 1240. The van der Waals surface area contributed by atoms with Gasteiger partial charge in [0, 0.05) is 44.0 Å². The highest BCUT2D eigenvalue weighted by molar-refractivity contribution is 5.96. The third-order valence-electron chi connectivity index (χ3n) is 5.99. The number of carbonyl (C=O) groups excluding carboxylic acids is 2. The molecule has 0 atom stereocenters. The summed E-state index contributed by atoms with van der Waals surface area (Å²) in [6.07, 6.45) is 3.44. The fourth-order valence-electron chi connectivity index (χ4n) is 4.10. The van der Waals surface area contributed by atoms with Gasteiger partial charge in [-0.15, -0.1) is 0 Å². The summed E-state index contributed by atoms with van der Waals surface area (Å²) in [7, 11) is 0. The molecule has 0 bridgehead atoms. The smallest absolute Gasteiger partial charge is 0.284 e. The number of pyridine rings is 1. The third-order valence-corrected chi connectivity index (χ3v) is 5.99. The Morgan fingerprint density at radius 1 is 0.935 bits per heavy atom. The molecule has 2 fully saturated rings. The molecule has 1 saturated carbocycles. The van der Waals surface area contributed by atoms with E-state index in [9.17, 15) is 14.4 Å². The van der Waals surface area contributed by atoms with Crippen LogP contribution < -0.4 is 5.56 Å². The Morgan fingerprint density at radius 3 is 2.29 bits per heavy atom. The summed E-state index contributed by atoms with van der Waals surface area (Å²) >= 11 is 0. The number of carbonyl (C=O) groups is 2.